The summed E-state index contributed by atoms with van der Waals surface area (Å²) in [7, 11) is 0. The minimum Gasteiger partial charge on any atom is -0.449 e. The largest absolute Gasteiger partial charge is 0.573 e. The van der Waals surface area contributed by atoms with Gasteiger partial charge in [0.1, 0.15) is 5.60 Å². The quantitative estimate of drug-likeness (QED) is 0.166. The standard InChI is InChI=1S/C25H26F3N3O4.C24H27N3O3/c1-16(2)15-34-24(33)30-21-13-20(7-8-22(21)35-25(26,27)28)23(32)31-11-9-19(10-12-31)18-5-3-17(14-29)4-6-18;1-24(2,3)30-23(29)26-21-6-4-5-20(15-21)22(28)27-13-11-19(12-14-27)18-9-7-17(16-25)8-10-18/h3-8,13,16,19H,9-12,15H2,1-2H3,(H,30,33);4-10,15,19H,11-14H2,1-3H3,(H,26,29). The number of carbonyl (C=O) groups excluding carboxylic acids is 4. The fourth-order valence-corrected chi connectivity index (χ4v) is 7.37. The van der Waals surface area contributed by atoms with Gasteiger partial charge in [-0.3, -0.25) is 20.2 Å². The van der Waals surface area contributed by atoms with Gasteiger partial charge in [-0.1, -0.05) is 44.2 Å². The van der Waals surface area contributed by atoms with Crippen LogP contribution in [0.15, 0.2) is 91.0 Å². The highest BCUT2D eigenvalue weighted by molar-refractivity contribution is 5.98. The Bertz CT molecular complexity index is 2370. The molecule has 2 fully saturated rings. The van der Waals surface area contributed by atoms with Crippen LogP contribution in [-0.2, 0) is 9.47 Å². The maximum Gasteiger partial charge on any atom is 0.573 e. The molecule has 4 aromatic rings. The fraction of sp³-hybridized carbons (Fsp3) is 0.388. The third-order valence-electron chi connectivity index (χ3n) is 10.6. The molecule has 0 unspecified atom stereocenters. The first-order valence-electron chi connectivity index (χ1n) is 21.3. The molecule has 0 atom stereocenters. The molecule has 65 heavy (non-hydrogen) atoms. The van der Waals surface area contributed by atoms with E-state index < -0.39 is 29.9 Å². The van der Waals surface area contributed by atoms with Gasteiger partial charge in [0.15, 0.2) is 5.75 Å². The van der Waals surface area contributed by atoms with Crippen LogP contribution in [0.2, 0.25) is 0 Å². The summed E-state index contributed by atoms with van der Waals surface area (Å²) in [4.78, 5) is 53.5. The Balaban J connectivity index is 0.000000247. The van der Waals surface area contributed by atoms with Crippen LogP contribution in [0.25, 0.3) is 0 Å². The Hall–Kier alpha value is -7.07. The lowest BCUT2D eigenvalue weighted by Crippen LogP contribution is -2.38. The summed E-state index contributed by atoms with van der Waals surface area (Å²) in [5.41, 5.74) is 3.84. The van der Waals surface area contributed by atoms with E-state index in [0.29, 0.717) is 67.3 Å². The van der Waals surface area contributed by atoms with Crippen molar-refractivity contribution in [1.29, 1.82) is 10.5 Å². The smallest absolute Gasteiger partial charge is 0.449 e. The summed E-state index contributed by atoms with van der Waals surface area (Å²) < 4.78 is 52.7. The molecule has 13 nitrogen and oxygen atoms in total. The number of ether oxygens (including phenoxy) is 3. The maximum absolute atomic E-state index is 13.1. The van der Waals surface area contributed by atoms with Gasteiger partial charge in [-0.15, -0.1) is 13.2 Å². The number of hydrogen-bond donors (Lipinski definition) is 2. The Labute approximate surface area is 377 Å². The molecule has 0 aliphatic carbocycles. The zero-order chi connectivity index (χ0) is 47.3. The van der Waals surface area contributed by atoms with Crippen LogP contribution in [0.4, 0.5) is 34.1 Å². The topological polar surface area (TPSA) is 174 Å². The van der Waals surface area contributed by atoms with Crippen molar-refractivity contribution in [3.63, 3.8) is 0 Å². The number of benzene rings is 4. The molecule has 0 bridgehead atoms. The van der Waals surface area contributed by atoms with Crippen molar-refractivity contribution in [3.05, 3.63) is 124 Å². The Morgan fingerprint density at radius 1 is 0.692 bits per heavy atom. The van der Waals surface area contributed by atoms with E-state index in [9.17, 15) is 32.3 Å². The van der Waals surface area contributed by atoms with Gasteiger partial charge < -0.3 is 24.0 Å². The number of piperidine rings is 2. The molecule has 2 heterocycles. The molecule has 4 aromatic carbocycles. The van der Waals surface area contributed by atoms with Crippen molar-refractivity contribution < 1.29 is 46.6 Å². The van der Waals surface area contributed by atoms with Crippen LogP contribution < -0.4 is 15.4 Å². The van der Waals surface area contributed by atoms with Crippen molar-refractivity contribution in [2.24, 2.45) is 5.92 Å². The lowest BCUT2D eigenvalue weighted by Gasteiger charge is -2.32. The number of halogens is 3. The monoisotopic (exact) mass is 894 g/mol. The Kier molecular flexibility index (Phi) is 16.6. The molecule has 0 aromatic heterocycles. The summed E-state index contributed by atoms with van der Waals surface area (Å²) in [5.74, 6) is -0.382. The third-order valence-corrected chi connectivity index (χ3v) is 10.6. The predicted molar refractivity (Wildman–Crippen MR) is 237 cm³/mol. The second-order valence-corrected chi connectivity index (χ2v) is 17.2. The molecule has 2 aliphatic rings. The number of likely N-dealkylation sites (tertiary alicyclic amines) is 2. The summed E-state index contributed by atoms with van der Waals surface area (Å²) >= 11 is 0. The first-order valence-corrected chi connectivity index (χ1v) is 21.3. The van der Waals surface area contributed by atoms with E-state index in [2.05, 4.69) is 27.5 Å². The van der Waals surface area contributed by atoms with E-state index in [4.69, 9.17) is 20.0 Å². The molecular formula is C49H53F3N6O7. The highest BCUT2D eigenvalue weighted by Crippen LogP contribution is 2.34. The molecule has 2 saturated heterocycles. The van der Waals surface area contributed by atoms with E-state index in [1.54, 1.807) is 62.1 Å². The average Bonchev–Trinajstić information content (AvgIpc) is 3.28. The molecule has 2 N–H and O–H groups in total. The minimum atomic E-state index is -4.98. The number of nitrogens with zero attached hydrogens (tertiary/aromatic N) is 4. The lowest BCUT2D eigenvalue weighted by atomic mass is 9.89. The molecule has 0 saturated carbocycles. The molecule has 4 amide bonds. The molecule has 16 heteroatoms. The van der Waals surface area contributed by atoms with E-state index in [0.717, 1.165) is 30.5 Å². The van der Waals surface area contributed by atoms with Gasteiger partial charge in [-0.2, -0.15) is 10.5 Å². The van der Waals surface area contributed by atoms with Crippen LogP contribution in [0.3, 0.4) is 0 Å². The van der Waals surface area contributed by atoms with E-state index in [1.165, 1.54) is 11.6 Å². The maximum atomic E-state index is 13.1. The molecular weight excluding hydrogens is 842 g/mol. The summed E-state index contributed by atoms with van der Waals surface area (Å²) in [6.45, 7) is 11.4. The predicted octanol–water partition coefficient (Wildman–Crippen LogP) is 10.6. The van der Waals surface area contributed by atoms with Crippen LogP contribution in [0.1, 0.15) is 115 Å². The lowest BCUT2D eigenvalue weighted by molar-refractivity contribution is -0.274. The number of nitriles is 2. The van der Waals surface area contributed by atoms with Gasteiger partial charge in [0.2, 0.25) is 0 Å². The number of anilines is 2. The highest BCUT2D eigenvalue weighted by Gasteiger charge is 2.33. The van der Waals surface area contributed by atoms with Crippen LogP contribution in [0.5, 0.6) is 5.75 Å². The van der Waals surface area contributed by atoms with Gasteiger partial charge in [0.05, 0.1) is 35.6 Å². The number of nitrogens with one attached hydrogen (secondary N) is 2. The molecule has 342 valence electrons. The SMILES string of the molecule is CC(C)(C)OC(=O)Nc1cccc(C(=O)N2CCC(c3ccc(C#N)cc3)CC2)c1.CC(C)COC(=O)Nc1cc(C(=O)N2CCC(c3ccc(C#N)cc3)CC2)ccc1OC(F)(F)F. The number of hydrogen-bond acceptors (Lipinski definition) is 9. The Morgan fingerprint density at radius 2 is 1.18 bits per heavy atom. The molecule has 0 radical (unpaired) electrons. The second kappa shape index (κ2) is 22.0. The van der Waals surface area contributed by atoms with Crippen LogP contribution in [-0.4, -0.2) is 78.5 Å². The highest BCUT2D eigenvalue weighted by atomic mass is 19.4. The van der Waals surface area contributed by atoms with E-state index >= 15 is 0 Å². The van der Waals surface area contributed by atoms with Crippen molar-refractivity contribution in [2.45, 2.75) is 84.1 Å². The van der Waals surface area contributed by atoms with Gasteiger partial charge in [-0.25, -0.2) is 9.59 Å². The van der Waals surface area contributed by atoms with Gasteiger partial charge in [0.25, 0.3) is 11.8 Å². The van der Waals surface area contributed by atoms with Gasteiger partial charge in [0, 0.05) is 43.0 Å². The minimum absolute atomic E-state index is 0.0340. The van der Waals surface area contributed by atoms with Crippen LogP contribution in [0, 0.1) is 28.6 Å². The van der Waals surface area contributed by atoms with Gasteiger partial charge in [-0.05, 0) is 136 Å². The van der Waals surface area contributed by atoms with Crippen molar-refractivity contribution in [2.75, 3.05) is 43.4 Å². The van der Waals surface area contributed by atoms with Crippen molar-refractivity contribution in [1.82, 2.24) is 9.80 Å². The second-order valence-electron chi connectivity index (χ2n) is 17.2. The number of carbonyl (C=O) groups is 4. The van der Waals surface area contributed by atoms with Crippen molar-refractivity contribution in [3.8, 4) is 17.9 Å². The number of amides is 4. The summed E-state index contributed by atoms with van der Waals surface area (Å²) in [6, 6.07) is 29.6. The fourth-order valence-electron chi connectivity index (χ4n) is 7.37. The average molecular weight is 895 g/mol. The Morgan fingerprint density at radius 3 is 1.63 bits per heavy atom. The summed E-state index contributed by atoms with van der Waals surface area (Å²) in [5, 5.41) is 22.8. The van der Waals surface area contributed by atoms with E-state index in [-0.39, 0.29) is 41.5 Å². The normalized spacial score (nSPS) is 14.5. The number of alkyl halides is 3. The summed E-state index contributed by atoms with van der Waals surface area (Å²) in [6.07, 6.45) is -3.29. The van der Waals surface area contributed by atoms with E-state index in [1.807, 2.05) is 55.1 Å². The first kappa shape index (κ1) is 49.0. The first-order chi connectivity index (χ1) is 30.8. The molecule has 6 rings (SSSR count). The zero-order valence-electron chi connectivity index (χ0n) is 37.0. The number of rotatable bonds is 9. The third kappa shape index (κ3) is 15.0. The molecule has 0 spiro atoms. The van der Waals surface area contributed by atoms with Crippen LogP contribution >= 0.6 is 0 Å². The molecule has 2 aliphatic heterocycles. The van der Waals surface area contributed by atoms with Crippen molar-refractivity contribution >= 4 is 35.4 Å². The zero-order valence-corrected chi connectivity index (χ0v) is 37.0. The van der Waals surface area contributed by atoms with Gasteiger partial charge >= 0.3 is 18.5 Å².